The van der Waals surface area contributed by atoms with Gasteiger partial charge in [0.05, 0.1) is 18.8 Å². The quantitative estimate of drug-likeness (QED) is 0.844. The number of aromatic amines is 1. The van der Waals surface area contributed by atoms with E-state index in [2.05, 4.69) is 30.5 Å². The number of hydrogen-bond donors (Lipinski definition) is 2. The third-order valence-corrected chi connectivity index (χ3v) is 2.56. The fraction of sp³-hybridized carbons (Fsp3) is 0.455. The van der Waals surface area contributed by atoms with Crippen molar-refractivity contribution in [3.63, 3.8) is 0 Å². The Balaban J connectivity index is 2.09. The van der Waals surface area contributed by atoms with E-state index in [9.17, 15) is 0 Å². The van der Waals surface area contributed by atoms with E-state index in [1.54, 1.807) is 12.4 Å². The van der Waals surface area contributed by atoms with Crippen molar-refractivity contribution in [1.29, 1.82) is 0 Å². The van der Waals surface area contributed by atoms with Gasteiger partial charge < -0.3 is 10.1 Å². The third kappa shape index (κ3) is 3.78. The summed E-state index contributed by atoms with van der Waals surface area (Å²) in [6, 6.07) is 0.222. The lowest BCUT2D eigenvalue weighted by atomic mass is 10.2. The van der Waals surface area contributed by atoms with Crippen LogP contribution in [0.25, 0.3) is 0 Å². The Bertz CT molecular complexity index is 518. The maximum atomic E-state index is 5.84. The Morgan fingerprint density at radius 3 is 2.95 bits per heavy atom. The van der Waals surface area contributed by atoms with Gasteiger partial charge in [-0.25, -0.2) is 0 Å². The molecule has 0 fully saturated rings. The van der Waals surface area contributed by atoms with Crippen LogP contribution in [0.1, 0.15) is 31.9 Å². The normalized spacial score (nSPS) is 12.2. The number of hydrogen-bond acceptors (Lipinski definition) is 6. The molecule has 0 radical (unpaired) electrons. The molecular weight excluding hydrogens is 268 g/mol. The highest BCUT2D eigenvalue weighted by molar-refractivity contribution is 6.28. The molecule has 7 nitrogen and oxygen atoms in total. The summed E-state index contributed by atoms with van der Waals surface area (Å²) in [5, 5.41) is 9.86. The molecule has 0 saturated carbocycles. The van der Waals surface area contributed by atoms with Gasteiger partial charge in [0.15, 0.2) is 0 Å². The summed E-state index contributed by atoms with van der Waals surface area (Å²) in [6.45, 7) is 4.51. The molecule has 2 aromatic rings. The Morgan fingerprint density at radius 2 is 2.26 bits per heavy atom. The van der Waals surface area contributed by atoms with Crippen LogP contribution in [0.2, 0.25) is 5.28 Å². The molecule has 1 unspecified atom stereocenters. The number of halogens is 1. The van der Waals surface area contributed by atoms with Gasteiger partial charge in [-0.3, -0.25) is 5.10 Å². The zero-order valence-electron chi connectivity index (χ0n) is 10.7. The fourth-order valence-corrected chi connectivity index (χ4v) is 1.58. The Kier molecular flexibility index (Phi) is 4.51. The standard InChI is InChI=1S/C11H15ClN6O/c1-3-4-19-11-17-9(12)16-10(18-11)15-7(2)8-5-13-14-6-8/h5-7H,3-4H2,1-2H3,(H,13,14)(H,15,16,17,18). The molecule has 0 saturated heterocycles. The molecular formula is C11H15ClN6O. The van der Waals surface area contributed by atoms with Gasteiger partial charge in [-0.05, 0) is 24.9 Å². The lowest BCUT2D eigenvalue weighted by Gasteiger charge is -2.12. The minimum absolute atomic E-state index is 0.00348. The number of nitrogens with one attached hydrogen (secondary N) is 2. The van der Waals surface area contributed by atoms with E-state index in [-0.39, 0.29) is 17.3 Å². The minimum atomic E-state index is -0.00348. The number of aromatic nitrogens is 5. The van der Waals surface area contributed by atoms with Crippen molar-refractivity contribution in [2.45, 2.75) is 26.3 Å². The second-order valence-corrected chi connectivity index (χ2v) is 4.29. The van der Waals surface area contributed by atoms with Gasteiger partial charge in [0.1, 0.15) is 0 Å². The summed E-state index contributed by atoms with van der Waals surface area (Å²) in [5.41, 5.74) is 0.993. The maximum absolute atomic E-state index is 5.84. The topological polar surface area (TPSA) is 88.6 Å². The molecule has 0 aliphatic rings. The maximum Gasteiger partial charge on any atom is 0.322 e. The van der Waals surface area contributed by atoms with Crippen molar-refractivity contribution in [3.05, 3.63) is 23.2 Å². The van der Waals surface area contributed by atoms with E-state index in [1.807, 2.05) is 13.8 Å². The smallest absolute Gasteiger partial charge is 0.322 e. The summed E-state index contributed by atoms with van der Waals surface area (Å²) in [5.74, 6) is 0.375. The van der Waals surface area contributed by atoms with Crippen molar-refractivity contribution in [2.24, 2.45) is 0 Å². The Morgan fingerprint density at radius 1 is 1.42 bits per heavy atom. The lowest BCUT2D eigenvalue weighted by molar-refractivity contribution is 0.291. The first-order valence-corrected chi connectivity index (χ1v) is 6.36. The summed E-state index contributed by atoms with van der Waals surface area (Å²) < 4.78 is 5.34. The summed E-state index contributed by atoms with van der Waals surface area (Å²) in [6.07, 6.45) is 4.40. The number of rotatable bonds is 6. The lowest BCUT2D eigenvalue weighted by Crippen LogP contribution is -2.11. The van der Waals surface area contributed by atoms with Gasteiger partial charge in [0, 0.05) is 11.8 Å². The average molecular weight is 283 g/mol. The van der Waals surface area contributed by atoms with Crippen LogP contribution in [0.4, 0.5) is 5.95 Å². The van der Waals surface area contributed by atoms with Crippen LogP contribution in [-0.4, -0.2) is 31.8 Å². The van der Waals surface area contributed by atoms with E-state index >= 15 is 0 Å². The van der Waals surface area contributed by atoms with Crippen molar-refractivity contribution >= 4 is 17.5 Å². The van der Waals surface area contributed by atoms with Crippen LogP contribution in [0.15, 0.2) is 12.4 Å². The van der Waals surface area contributed by atoms with Crippen molar-refractivity contribution in [2.75, 3.05) is 11.9 Å². The van der Waals surface area contributed by atoms with E-state index in [0.29, 0.717) is 12.6 Å². The monoisotopic (exact) mass is 282 g/mol. The van der Waals surface area contributed by atoms with Crippen molar-refractivity contribution in [1.82, 2.24) is 25.1 Å². The number of nitrogens with zero attached hydrogens (tertiary/aromatic N) is 4. The second kappa shape index (κ2) is 6.33. The summed E-state index contributed by atoms with van der Waals surface area (Å²) in [4.78, 5) is 12.1. The van der Waals surface area contributed by atoms with Crippen LogP contribution in [0, 0.1) is 0 Å². The highest BCUT2D eigenvalue weighted by atomic mass is 35.5. The van der Waals surface area contributed by atoms with Crippen molar-refractivity contribution < 1.29 is 4.74 Å². The molecule has 2 aromatic heterocycles. The first kappa shape index (κ1) is 13.5. The molecule has 1 atom stereocenters. The third-order valence-electron chi connectivity index (χ3n) is 2.39. The molecule has 2 rings (SSSR count). The zero-order chi connectivity index (χ0) is 13.7. The number of ether oxygens (including phenoxy) is 1. The minimum Gasteiger partial charge on any atom is -0.463 e. The van der Waals surface area contributed by atoms with Crippen LogP contribution >= 0.6 is 11.6 Å². The first-order chi connectivity index (χ1) is 9.19. The first-order valence-electron chi connectivity index (χ1n) is 5.98. The van der Waals surface area contributed by atoms with Crippen LogP contribution < -0.4 is 10.1 Å². The van der Waals surface area contributed by atoms with E-state index < -0.39 is 0 Å². The molecule has 102 valence electrons. The fourth-order valence-electron chi connectivity index (χ4n) is 1.43. The van der Waals surface area contributed by atoms with Crippen LogP contribution in [0.3, 0.4) is 0 Å². The van der Waals surface area contributed by atoms with Gasteiger partial charge >= 0.3 is 6.01 Å². The van der Waals surface area contributed by atoms with Crippen LogP contribution in [-0.2, 0) is 0 Å². The van der Waals surface area contributed by atoms with Gasteiger partial charge in [0.25, 0.3) is 0 Å². The molecule has 8 heteroatoms. The molecule has 2 heterocycles. The molecule has 0 aromatic carbocycles. The van der Waals surface area contributed by atoms with E-state index in [0.717, 1.165) is 12.0 Å². The number of H-pyrrole nitrogens is 1. The van der Waals surface area contributed by atoms with Gasteiger partial charge in [-0.2, -0.15) is 20.1 Å². The number of anilines is 1. The molecule has 0 amide bonds. The van der Waals surface area contributed by atoms with Crippen LogP contribution in [0.5, 0.6) is 6.01 Å². The molecule has 0 spiro atoms. The van der Waals surface area contributed by atoms with Crippen molar-refractivity contribution in [3.8, 4) is 6.01 Å². The highest BCUT2D eigenvalue weighted by Crippen LogP contribution is 2.18. The molecule has 0 bridgehead atoms. The summed E-state index contributed by atoms with van der Waals surface area (Å²) in [7, 11) is 0. The predicted octanol–water partition coefficient (Wildman–Crippen LogP) is 2.21. The average Bonchev–Trinajstić information content (AvgIpc) is 2.89. The molecule has 0 aliphatic heterocycles. The molecule has 2 N–H and O–H groups in total. The largest absolute Gasteiger partial charge is 0.463 e. The Hall–Kier alpha value is -1.89. The van der Waals surface area contributed by atoms with Gasteiger partial charge in [0.2, 0.25) is 11.2 Å². The van der Waals surface area contributed by atoms with E-state index in [4.69, 9.17) is 16.3 Å². The second-order valence-electron chi connectivity index (χ2n) is 3.96. The predicted molar refractivity (Wildman–Crippen MR) is 71.2 cm³/mol. The summed E-state index contributed by atoms with van der Waals surface area (Å²) >= 11 is 5.84. The van der Waals surface area contributed by atoms with Gasteiger partial charge in [-0.15, -0.1) is 0 Å². The Labute approximate surface area is 115 Å². The SMILES string of the molecule is CCCOc1nc(Cl)nc(NC(C)c2cn[nH]c2)n1. The van der Waals surface area contributed by atoms with E-state index in [1.165, 1.54) is 0 Å². The molecule has 0 aliphatic carbocycles. The van der Waals surface area contributed by atoms with Gasteiger partial charge in [-0.1, -0.05) is 6.92 Å². The highest BCUT2D eigenvalue weighted by Gasteiger charge is 2.11. The zero-order valence-corrected chi connectivity index (χ0v) is 11.5. The molecule has 19 heavy (non-hydrogen) atoms.